The fraction of sp³-hybridized carbons (Fsp3) is 0.667. The molecule has 29 heavy (non-hydrogen) atoms. The van der Waals surface area contributed by atoms with E-state index in [1.807, 2.05) is 13.2 Å². The summed E-state index contributed by atoms with van der Waals surface area (Å²) in [6, 6.07) is 0. The van der Waals surface area contributed by atoms with Crippen LogP contribution in [0.1, 0.15) is 19.8 Å². The van der Waals surface area contributed by atoms with Gasteiger partial charge in [0, 0.05) is 46.3 Å². The maximum absolute atomic E-state index is 6.01. The van der Waals surface area contributed by atoms with Crippen LogP contribution in [-0.4, -0.2) is 94.6 Å². The van der Waals surface area contributed by atoms with Crippen LogP contribution in [0.3, 0.4) is 0 Å². The van der Waals surface area contributed by atoms with Gasteiger partial charge in [-0.2, -0.15) is 5.10 Å². The maximum atomic E-state index is 6.01. The average molecular weight is 398 g/mol. The minimum atomic E-state index is 0.278. The Hall–Kier alpha value is -2.21. The average Bonchev–Trinajstić information content (AvgIpc) is 3.15. The SMILES string of the molecule is CCN1CCN(CC#CCOC2CCN(c3ncnc4c3cnn4C)CC2)CC1. The third-order valence-electron chi connectivity index (χ3n) is 5.98. The summed E-state index contributed by atoms with van der Waals surface area (Å²) in [6.07, 6.45) is 5.74. The van der Waals surface area contributed by atoms with Crippen molar-refractivity contribution in [3.8, 4) is 11.8 Å². The first-order valence-corrected chi connectivity index (χ1v) is 10.6. The van der Waals surface area contributed by atoms with Crippen LogP contribution in [-0.2, 0) is 11.8 Å². The Labute approximate surface area is 172 Å². The van der Waals surface area contributed by atoms with E-state index in [4.69, 9.17) is 4.74 Å². The zero-order valence-corrected chi connectivity index (χ0v) is 17.5. The van der Waals surface area contributed by atoms with E-state index in [0.717, 1.165) is 82.1 Å². The number of hydrogen-bond donors (Lipinski definition) is 0. The quantitative estimate of drug-likeness (QED) is 0.697. The lowest BCUT2D eigenvalue weighted by molar-refractivity contribution is 0.0593. The molecule has 0 unspecified atom stereocenters. The Morgan fingerprint density at radius 2 is 1.79 bits per heavy atom. The number of anilines is 1. The highest BCUT2D eigenvalue weighted by Gasteiger charge is 2.22. The van der Waals surface area contributed by atoms with Crippen LogP contribution in [0.2, 0.25) is 0 Å². The number of fused-ring (bicyclic) bond motifs is 1. The van der Waals surface area contributed by atoms with Crippen LogP contribution in [0.25, 0.3) is 11.0 Å². The summed E-state index contributed by atoms with van der Waals surface area (Å²) in [4.78, 5) is 16.1. The summed E-state index contributed by atoms with van der Waals surface area (Å²) in [7, 11) is 1.91. The molecule has 2 saturated heterocycles. The maximum Gasteiger partial charge on any atom is 0.163 e. The molecule has 2 aromatic rings. The Bertz CT molecular complexity index is 855. The van der Waals surface area contributed by atoms with Gasteiger partial charge in [-0.15, -0.1) is 0 Å². The fourth-order valence-corrected chi connectivity index (χ4v) is 4.08. The zero-order valence-electron chi connectivity index (χ0n) is 17.5. The minimum Gasteiger partial charge on any atom is -0.365 e. The van der Waals surface area contributed by atoms with Crippen LogP contribution in [0, 0.1) is 11.8 Å². The number of aryl methyl sites for hydroxylation is 1. The smallest absolute Gasteiger partial charge is 0.163 e. The fourth-order valence-electron chi connectivity index (χ4n) is 4.08. The number of aromatic nitrogens is 4. The van der Waals surface area contributed by atoms with Gasteiger partial charge in [0.1, 0.15) is 18.8 Å². The number of likely N-dealkylation sites (N-methyl/N-ethyl adjacent to an activating group) is 1. The largest absolute Gasteiger partial charge is 0.365 e. The molecule has 2 aliphatic rings. The van der Waals surface area contributed by atoms with Gasteiger partial charge in [-0.1, -0.05) is 18.8 Å². The molecule has 0 N–H and O–H groups in total. The Morgan fingerprint density at radius 3 is 2.55 bits per heavy atom. The summed E-state index contributed by atoms with van der Waals surface area (Å²) in [5.41, 5.74) is 0.875. The second-order valence-electron chi connectivity index (χ2n) is 7.76. The van der Waals surface area contributed by atoms with Gasteiger partial charge in [-0.3, -0.25) is 9.58 Å². The number of ether oxygens (including phenoxy) is 1. The van der Waals surface area contributed by atoms with Gasteiger partial charge in [-0.25, -0.2) is 9.97 Å². The predicted octanol–water partition coefficient (Wildman–Crippen LogP) is 0.990. The van der Waals surface area contributed by atoms with Crippen molar-refractivity contribution < 1.29 is 4.74 Å². The second kappa shape index (κ2) is 9.53. The first kappa shape index (κ1) is 20.1. The lowest BCUT2D eigenvalue weighted by Crippen LogP contribution is -2.46. The molecule has 8 nitrogen and oxygen atoms in total. The van der Waals surface area contributed by atoms with E-state index in [9.17, 15) is 0 Å². The molecule has 2 fully saturated rings. The predicted molar refractivity (Wildman–Crippen MR) is 114 cm³/mol. The molecule has 0 spiro atoms. The van der Waals surface area contributed by atoms with Gasteiger partial charge in [-0.05, 0) is 19.4 Å². The molecule has 4 heterocycles. The molecule has 2 aromatic heterocycles. The van der Waals surface area contributed by atoms with Crippen LogP contribution in [0.5, 0.6) is 0 Å². The first-order valence-electron chi connectivity index (χ1n) is 10.6. The standard InChI is InChI=1S/C21H31N7O/c1-3-26-11-13-27(14-12-26)8-4-5-15-29-18-6-9-28(10-7-18)21-19-16-24-25(2)20(19)22-17-23-21/h16-18H,3,6-15H2,1-2H3. The molecule has 0 radical (unpaired) electrons. The highest BCUT2D eigenvalue weighted by Crippen LogP contribution is 2.25. The number of hydrogen-bond acceptors (Lipinski definition) is 7. The van der Waals surface area contributed by atoms with Crippen LogP contribution in [0.15, 0.2) is 12.5 Å². The van der Waals surface area contributed by atoms with Crippen molar-refractivity contribution in [3.63, 3.8) is 0 Å². The highest BCUT2D eigenvalue weighted by atomic mass is 16.5. The molecule has 0 atom stereocenters. The van der Waals surface area contributed by atoms with Crippen LogP contribution in [0.4, 0.5) is 5.82 Å². The van der Waals surface area contributed by atoms with E-state index in [-0.39, 0.29) is 6.10 Å². The van der Waals surface area contributed by atoms with E-state index >= 15 is 0 Å². The van der Waals surface area contributed by atoms with Gasteiger partial charge >= 0.3 is 0 Å². The molecule has 0 aromatic carbocycles. The van der Waals surface area contributed by atoms with Gasteiger partial charge < -0.3 is 14.5 Å². The number of rotatable bonds is 5. The number of nitrogens with zero attached hydrogens (tertiary/aromatic N) is 7. The van der Waals surface area contributed by atoms with Crippen molar-refractivity contribution in [3.05, 3.63) is 12.5 Å². The Balaban J connectivity index is 1.19. The molecule has 0 amide bonds. The third-order valence-corrected chi connectivity index (χ3v) is 5.98. The third kappa shape index (κ3) is 4.86. The topological polar surface area (TPSA) is 62.6 Å². The summed E-state index contributed by atoms with van der Waals surface area (Å²) < 4.78 is 7.80. The van der Waals surface area contributed by atoms with E-state index in [1.165, 1.54) is 0 Å². The van der Waals surface area contributed by atoms with Crippen molar-refractivity contribution in [2.75, 3.05) is 63.9 Å². The Morgan fingerprint density at radius 1 is 1.03 bits per heavy atom. The van der Waals surface area contributed by atoms with Crippen molar-refractivity contribution in [2.24, 2.45) is 7.05 Å². The summed E-state index contributed by atoms with van der Waals surface area (Å²) >= 11 is 0. The zero-order chi connectivity index (χ0) is 20.1. The second-order valence-corrected chi connectivity index (χ2v) is 7.76. The monoisotopic (exact) mass is 397 g/mol. The highest BCUT2D eigenvalue weighted by molar-refractivity contribution is 5.86. The van der Waals surface area contributed by atoms with Crippen molar-refractivity contribution in [2.45, 2.75) is 25.9 Å². The first-order chi connectivity index (χ1) is 14.2. The lowest BCUT2D eigenvalue weighted by atomic mass is 10.1. The molecular weight excluding hydrogens is 366 g/mol. The summed E-state index contributed by atoms with van der Waals surface area (Å²) in [6.45, 7) is 11.2. The normalized spacial score (nSPS) is 19.4. The van der Waals surface area contributed by atoms with Crippen LogP contribution < -0.4 is 4.90 Å². The van der Waals surface area contributed by atoms with E-state index < -0.39 is 0 Å². The molecule has 156 valence electrons. The van der Waals surface area contributed by atoms with E-state index in [0.29, 0.717) is 6.61 Å². The van der Waals surface area contributed by atoms with Crippen molar-refractivity contribution in [1.29, 1.82) is 0 Å². The van der Waals surface area contributed by atoms with Crippen molar-refractivity contribution >= 4 is 16.9 Å². The van der Waals surface area contributed by atoms with E-state index in [1.54, 1.807) is 11.0 Å². The molecular formula is C21H31N7O. The molecule has 4 rings (SSSR count). The molecule has 2 aliphatic heterocycles. The summed E-state index contributed by atoms with van der Waals surface area (Å²) in [5.74, 6) is 7.46. The molecule has 0 saturated carbocycles. The van der Waals surface area contributed by atoms with Gasteiger partial charge in [0.25, 0.3) is 0 Å². The van der Waals surface area contributed by atoms with Gasteiger partial charge in [0.05, 0.1) is 24.2 Å². The molecule has 0 bridgehead atoms. The summed E-state index contributed by atoms with van der Waals surface area (Å²) in [5, 5.41) is 5.32. The minimum absolute atomic E-state index is 0.278. The van der Waals surface area contributed by atoms with Gasteiger partial charge in [0.2, 0.25) is 0 Å². The molecule has 8 heteroatoms. The number of piperazine rings is 1. The van der Waals surface area contributed by atoms with Crippen LogP contribution >= 0.6 is 0 Å². The number of piperidine rings is 1. The molecule has 0 aliphatic carbocycles. The Kier molecular flexibility index (Phi) is 6.60. The van der Waals surface area contributed by atoms with E-state index in [2.05, 4.69) is 48.5 Å². The van der Waals surface area contributed by atoms with Gasteiger partial charge in [0.15, 0.2) is 5.65 Å². The van der Waals surface area contributed by atoms with Crippen molar-refractivity contribution in [1.82, 2.24) is 29.5 Å². The lowest BCUT2D eigenvalue weighted by Gasteiger charge is -2.33.